The second-order valence-electron chi connectivity index (χ2n) is 7.76. The van der Waals surface area contributed by atoms with E-state index in [0.29, 0.717) is 13.0 Å². The van der Waals surface area contributed by atoms with E-state index in [4.69, 9.17) is 0 Å². The summed E-state index contributed by atoms with van der Waals surface area (Å²) in [5.41, 5.74) is 0.358. The van der Waals surface area contributed by atoms with E-state index < -0.39 is 11.6 Å². The fourth-order valence-electron chi connectivity index (χ4n) is 4.30. The van der Waals surface area contributed by atoms with E-state index in [0.717, 1.165) is 30.6 Å². The molecule has 1 aliphatic carbocycles. The molecule has 1 heterocycles. The Morgan fingerprint density at radius 1 is 1.30 bits per heavy atom. The maximum Gasteiger partial charge on any atom is 0.325 e. The van der Waals surface area contributed by atoms with Crippen LogP contribution in [0.4, 0.5) is 4.79 Å². The quantitative estimate of drug-likeness (QED) is 0.755. The Hall–Kier alpha value is -2.37. The van der Waals surface area contributed by atoms with Gasteiger partial charge in [-0.1, -0.05) is 57.0 Å². The number of nitrogens with one attached hydrogen (secondary N) is 2. The minimum Gasteiger partial charge on any atom is -0.354 e. The first kappa shape index (κ1) is 19.4. The van der Waals surface area contributed by atoms with Crippen molar-refractivity contribution < 1.29 is 14.4 Å². The van der Waals surface area contributed by atoms with Crippen LogP contribution in [0.1, 0.15) is 57.4 Å². The summed E-state index contributed by atoms with van der Waals surface area (Å²) in [5, 5.41) is 5.77. The van der Waals surface area contributed by atoms with Gasteiger partial charge in [-0.3, -0.25) is 14.5 Å². The number of benzene rings is 1. The van der Waals surface area contributed by atoms with Crippen molar-refractivity contribution in [3.05, 3.63) is 35.9 Å². The largest absolute Gasteiger partial charge is 0.354 e. The molecule has 3 atom stereocenters. The predicted octanol–water partition coefficient (Wildman–Crippen LogP) is 2.80. The third kappa shape index (κ3) is 3.84. The number of nitrogens with zero attached hydrogens (tertiary/aromatic N) is 1. The topological polar surface area (TPSA) is 78.5 Å². The van der Waals surface area contributed by atoms with Crippen LogP contribution in [0.2, 0.25) is 0 Å². The minimum atomic E-state index is -0.814. The van der Waals surface area contributed by atoms with E-state index in [1.54, 1.807) is 0 Å². The standard InChI is InChI=1S/C21H29N3O3/c1-3-16(17-10-5-4-6-11-17)13-22-18(25)14-24-19(26)21(23-20(24)27)12-8-7-9-15(21)2/h4-6,10-11,15-16H,3,7-9,12-14H2,1-2H3,(H,22,25)(H,23,27). The highest BCUT2D eigenvalue weighted by Crippen LogP contribution is 2.38. The number of hydrogen-bond donors (Lipinski definition) is 2. The second kappa shape index (κ2) is 8.11. The molecule has 2 aliphatic rings. The fraction of sp³-hybridized carbons (Fsp3) is 0.571. The summed E-state index contributed by atoms with van der Waals surface area (Å²) in [6.45, 7) is 4.36. The van der Waals surface area contributed by atoms with Crippen LogP contribution in [0.5, 0.6) is 0 Å². The lowest BCUT2D eigenvalue weighted by atomic mass is 9.73. The number of rotatable bonds is 6. The predicted molar refractivity (Wildman–Crippen MR) is 103 cm³/mol. The normalized spacial score (nSPS) is 26.1. The summed E-state index contributed by atoms with van der Waals surface area (Å²) in [6, 6.07) is 9.58. The second-order valence-corrected chi connectivity index (χ2v) is 7.76. The summed E-state index contributed by atoms with van der Waals surface area (Å²) in [4.78, 5) is 38.8. The average Bonchev–Trinajstić information content (AvgIpc) is 2.90. The first-order chi connectivity index (χ1) is 13.0. The number of imide groups is 1. The van der Waals surface area contributed by atoms with Crippen LogP contribution in [-0.2, 0) is 9.59 Å². The molecule has 3 rings (SSSR count). The highest BCUT2D eigenvalue weighted by atomic mass is 16.2. The lowest BCUT2D eigenvalue weighted by Gasteiger charge is -2.36. The van der Waals surface area contributed by atoms with Crippen LogP contribution in [0.25, 0.3) is 0 Å². The molecule has 6 heteroatoms. The molecule has 6 nitrogen and oxygen atoms in total. The Kier molecular flexibility index (Phi) is 5.82. The summed E-state index contributed by atoms with van der Waals surface area (Å²) in [7, 11) is 0. The molecule has 1 saturated heterocycles. The molecule has 1 saturated carbocycles. The van der Waals surface area contributed by atoms with E-state index in [1.807, 2.05) is 37.3 Å². The summed E-state index contributed by atoms with van der Waals surface area (Å²) >= 11 is 0. The number of carbonyl (C=O) groups is 3. The fourth-order valence-corrected chi connectivity index (χ4v) is 4.30. The van der Waals surface area contributed by atoms with Crippen LogP contribution in [0.3, 0.4) is 0 Å². The number of carbonyl (C=O) groups excluding carboxylic acids is 3. The van der Waals surface area contributed by atoms with E-state index in [9.17, 15) is 14.4 Å². The van der Waals surface area contributed by atoms with E-state index in [1.165, 1.54) is 5.56 Å². The van der Waals surface area contributed by atoms with Gasteiger partial charge in [-0.25, -0.2) is 4.79 Å². The van der Waals surface area contributed by atoms with Crippen molar-refractivity contribution in [1.29, 1.82) is 0 Å². The maximum absolute atomic E-state index is 12.9. The van der Waals surface area contributed by atoms with Crippen molar-refractivity contribution >= 4 is 17.8 Å². The summed E-state index contributed by atoms with van der Waals surface area (Å²) in [5.74, 6) is -0.236. The van der Waals surface area contributed by atoms with Crippen LogP contribution >= 0.6 is 0 Å². The van der Waals surface area contributed by atoms with Gasteiger partial charge in [0.25, 0.3) is 5.91 Å². The molecule has 1 spiro atoms. The molecular weight excluding hydrogens is 342 g/mol. The maximum atomic E-state index is 12.9. The highest BCUT2D eigenvalue weighted by Gasteiger charge is 2.55. The molecule has 146 valence electrons. The van der Waals surface area contributed by atoms with E-state index in [2.05, 4.69) is 17.6 Å². The number of hydrogen-bond acceptors (Lipinski definition) is 3. The first-order valence-electron chi connectivity index (χ1n) is 9.93. The zero-order valence-electron chi connectivity index (χ0n) is 16.2. The number of urea groups is 1. The molecule has 1 aromatic carbocycles. The van der Waals surface area contributed by atoms with Gasteiger partial charge in [-0.2, -0.15) is 0 Å². The number of amides is 4. The molecule has 1 aliphatic heterocycles. The van der Waals surface area contributed by atoms with Crippen LogP contribution in [0.15, 0.2) is 30.3 Å². The smallest absolute Gasteiger partial charge is 0.325 e. The van der Waals surface area contributed by atoms with Crippen LogP contribution in [-0.4, -0.2) is 41.4 Å². The third-order valence-electron chi connectivity index (χ3n) is 6.11. The van der Waals surface area contributed by atoms with Crippen molar-refractivity contribution in [3.63, 3.8) is 0 Å². The van der Waals surface area contributed by atoms with Gasteiger partial charge in [0, 0.05) is 12.5 Å². The molecule has 2 fully saturated rings. The molecular formula is C21H29N3O3. The van der Waals surface area contributed by atoms with Gasteiger partial charge >= 0.3 is 6.03 Å². The van der Waals surface area contributed by atoms with Gasteiger partial charge in [0.1, 0.15) is 12.1 Å². The van der Waals surface area contributed by atoms with Crippen molar-refractivity contribution in [2.75, 3.05) is 13.1 Å². The van der Waals surface area contributed by atoms with Crippen molar-refractivity contribution in [2.24, 2.45) is 5.92 Å². The molecule has 0 aromatic heterocycles. The zero-order valence-corrected chi connectivity index (χ0v) is 16.2. The van der Waals surface area contributed by atoms with Gasteiger partial charge in [-0.15, -0.1) is 0 Å². The van der Waals surface area contributed by atoms with Crippen LogP contribution in [0, 0.1) is 5.92 Å². The molecule has 27 heavy (non-hydrogen) atoms. The Morgan fingerprint density at radius 3 is 2.70 bits per heavy atom. The third-order valence-corrected chi connectivity index (χ3v) is 6.11. The van der Waals surface area contributed by atoms with Gasteiger partial charge in [0.05, 0.1) is 0 Å². The Bertz CT molecular complexity index is 706. The van der Waals surface area contributed by atoms with Gasteiger partial charge in [-0.05, 0) is 30.7 Å². The molecule has 1 aromatic rings. The Morgan fingerprint density at radius 2 is 2.04 bits per heavy atom. The first-order valence-corrected chi connectivity index (χ1v) is 9.93. The lowest BCUT2D eigenvalue weighted by molar-refractivity contribution is -0.137. The van der Waals surface area contributed by atoms with Gasteiger partial charge in [0.15, 0.2) is 0 Å². The van der Waals surface area contributed by atoms with Crippen LogP contribution < -0.4 is 10.6 Å². The summed E-state index contributed by atoms with van der Waals surface area (Å²) < 4.78 is 0. The summed E-state index contributed by atoms with van der Waals surface area (Å²) in [6.07, 6.45) is 4.47. The van der Waals surface area contributed by atoms with Gasteiger partial charge in [0.2, 0.25) is 5.91 Å². The lowest BCUT2D eigenvalue weighted by Crippen LogP contribution is -2.54. The molecule has 4 amide bonds. The Labute approximate surface area is 160 Å². The average molecular weight is 371 g/mol. The molecule has 3 unspecified atom stereocenters. The molecule has 0 bridgehead atoms. The minimum absolute atomic E-state index is 0.0957. The van der Waals surface area contributed by atoms with E-state index >= 15 is 0 Å². The van der Waals surface area contributed by atoms with Crippen molar-refractivity contribution in [2.45, 2.75) is 57.4 Å². The SMILES string of the molecule is CCC(CNC(=O)CN1C(=O)NC2(CCCCC2C)C1=O)c1ccccc1. The van der Waals surface area contributed by atoms with Crippen molar-refractivity contribution in [3.8, 4) is 0 Å². The van der Waals surface area contributed by atoms with Crippen molar-refractivity contribution in [1.82, 2.24) is 15.5 Å². The zero-order chi connectivity index (χ0) is 19.4. The Balaban J connectivity index is 1.59. The molecule has 0 radical (unpaired) electrons. The molecule has 2 N–H and O–H groups in total. The monoisotopic (exact) mass is 371 g/mol. The highest BCUT2D eigenvalue weighted by molar-refractivity contribution is 6.09. The van der Waals surface area contributed by atoms with E-state index in [-0.39, 0.29) is 30.2 Å². The van der Waals surface area contributed by atoms with Gasteiger partial charge < -0.3 is 10.6 Å².